The predicted molar refractivity (Wildman–Crippen MR) is 47.5 cm³/mol. The van der Waals surface area contributed by atoms with Crippen molar-refractivity contribution < 1.29 is 9.31 Å². The molecule has 0 aliphatic rings. The van der Waals surface area contributed by atoms with Gasteiger partial charge in [0.05, 0.1) is 4.92 Å². The lowest BCUT2D eigenvalue weighted by Gasteiger charge is -2.02. The summed E-state index contributed by atoms with van der Waals surface area (Å²) in [6.45, 7) is 0. The van der Waals surface area contributed by atoms with Crippen LogP contribution in [-0.2, 0) is 0 Å². The van der Waals surface area contributed by atoms with Crippen LogP contribution in [0, 0.1) is 15.9 Å². The molecule has 0 bridgehead atoms. The van der Waals surface area contributed by atoms with E-state index in [1.807, 2.05) is 0 Å². The van der Waals surface area contributed by atoms with Crippen LogP contribution < -0.4 is 0 Å². The Kier molecular flexibility index (Phi) is 3.06. The van der Waals surface area contributed by atoms with E-state index in [9.17, 15) is 14.5 Å². The Morgan fingerprint density at radius 2 is 2.08 bits per heavy atom. The average molecular weight is 224 g/mol. The number of nitrogens with zero attached hydrogens (tertiary/aromatic N) is 1. The normalized spacial score (nSPS) is 10.5. The molecule has 0 spiro atoms. The lowest BCUT2D eigenvalue weighted by molar-refractivity contribution is -0.387. The van der Waals surface area contributed by atoms with Crippen LogP contribution >= 0.6 is 23.2 Å². The first-order chi connectivity index (χ1) is 6.04. The Morgan fingerprint density at radius 1 is 1.46 bits per heavy atom. The summed E-state index contributed by atoms with van der Waals surface area (Å²) in [5.41, 5.74) is -0.707. The molecule has 0 heterocycles. The topological polar surface area (TPSA) is 43.1 Å². The highest BCUT2D eigenvalue weighted by molar-refractivity contribution is 6.44. The van der Waals surface area contributed by atoms with Crippen LogP contribution in [-0.4, -0.2) is 4.92 Å². The third kappa shape index (κ3) is 2.08. The number of halogens is 3. The first-order valence-corrected chi connectivity index (χ1v) is 4.12. The Hall–Kier alpha value is -0.870. The molecule has 0 fully saturated rings. The van der Waals surface area contributed by atoms with Gasteiger partial charge >= 0.3 is 5.69 Å². The number of nitro benzene ring substituents is 1. The molecule has 1 rings (SSSR count). The molecule has 1 aromatic rings. The zero-order valence-corrected chi connectivity index (χ0v) is 7.72. The van der Waals surface area contributed by atoms with Crippen molar-refractivity contribution in [1.82, 2.24) is 0 Å². The van der Waals surface area contributed by atoms with E-state index >= 15 is 0 Å². The fourth-order valence-corrected chi connectivity index (χ4v) is 1.18. The minimum atomic E-state index is -1.10. The molecule has 0 atom stereocenters. The largest absolute Gasteiger partial charge is 0.305 e. The van der Waals surface area contributed by atoms with Crippen LogP contribution in [0.5, 0.6) is 0 Å². The van der Waals surface area contributed by atoms with Crippen molar-refractivity contribution >= 4 is 28.9 Å². The second kappa shape index (κ2) is 3.89. The molecule has 70 valence electrons. The lowest BCUT2D eigenvalue weighted by atomic mass is 10.2. The van der Waals surface area contributed by atoms with Crippen molar-refractivity contribution in [2.45, 2.75) is 4.84 Å². The Labute approximate surface area is 83.2 Å². The van der Waals surface area contributed by atoms with Gasteiger partial charge in [-0.1, -0.05) is 35.3 Å². The maximum Gasteiger partial charge on any atom is 0.305 e. The molecule has 0 unspecified atom stereocenters. The number of alkyl halides is 2. The number of hydrogen-bond acceptors (Lipinski definition) is 2. The Balaban J connectivity index is 3.26. The standard InChI is InChI=1S/C7H4Cl2FNO2/c8-7(9)4-2-1-3-5(6(4)10)11(12)13/h1-3,7H. The molecule has 0 aromatic heterocycles. The third-order valence-electron chi connectivity index (χ3n) is 1.44. The minimum absolute atomic E-state index is 0.0856. The van der Waals surface area contributed by atoms with Crippen LogP contribution in [0.3, 0.4) is 0 Å². The van der Waals surface area contributed by atoms with E-state index in [2.05, 4.69) is 0 Å². The summed E-state index contributed by atoms with van der Waals surface area (Å²) in [4.78, 5) is 8.35. The van der Waals surface area contributed by atoms with Gasteiger partial charge in [-0.05, 0) is 0 Å². The number of nitro groups is 1. The van der Waals surface area contributed by atoms with Gasteiger partial charge in [-0.2, -0.15) is 4.39 Å². The van der Waals surface area contributed by atoms with Crippen molar-refractivity contribution in [3.63, 3.8) is 0 Å². The molecule has 13 heavy (non-hydrogen) atoms. The van der Waals surface area contributed by atoms with Crippen LogP contribution in [0.4, 0.5) is 10.1 Å². The molecule has 0 aliphatic carbocycles. The summed E-state index contributed by atoms with van der Waals surface area (Å²) in [5.74, 6) is -0.984. The summed E-state index contributed by atoms with van der Waals surface area (Å²) in [5, 5.41) is 10.3. The zero-order chi connectivity index (χ0) is 10.0. The molecule has 0 saturated heterocycles. The quantitative estimate of drug-likeness (QED) is 0.439. The van der Waals surface area contributed by atoms with Crippen LogP contribution in [0.25, 0.3) is 0 Å². The van der Waals surface area contributed by atoms with Crippen LogP contribution in [0.15, 0.2) is 18.2 Å². The van der Waals surface area contributed by atoms with Crippen molar-refractivity contribution in [2.75, 3.05) is 0 Å². The van der Waals surface area contributed by atoms with Gasteiger partial charge in [0, 0.05) is 11.6 Å². The SMILES string of the molecule is O=[N+]([O-])c1cccc(C(Cl)Cl)c1F. The maximum absolute atomic E-state index is 13.2. The van der Waals surface area contributed by atoms with Gasteiger partial charge in [0.25, 0.3) is 0 Å². The van der Waals surface area contributed by atoms with Gasteiger partial charge in [0.15, 0.2) is 0 Å². The second-order valence-corrected chi connectivity index (χ2v) is 3.33. The highest BCUT2D eigenvalue weighted by atomic mass is 35.5. The van der Waals surface area contributed by atoms with Crippen LogP contribution in [0.2, 0.25) is 0 Å². The molecule has 3 nitrogen and oxygen atoms in total. The van der Waals surface area contributed by atoms with Gasteiger partial charge in [-0.15, -0.1) is 0 Å². The average Bonchev–Trinajstić information content (AvgIpc) is 2.03. The van der Waals surface area contributed by atoms with E-state index in [4.69, 9.17) is 23.2 Å². The van der Waals surface area contributed by atoms with Crippen molar-refractivity contribution in [3.05, 3.63) is 39.7 Å². The van der Waals surface area contributed by atoms with Crippen molar-refractivity contribution in [3.8, 4) is 0 Å². The molecule has 0 saturated carbocycles. The van der Waals surface area contributed by atoms with E-state index in [0.717, 1.165) is 6.07 Å². The highest BCUT2D eigenvalue weighted by Gasteiger charge is 2.20. The maximum atomic E-state index is 13.2. The smallest absolute Gasteiger partial charge is 0.258 e. The zero-order valence-electron chi connectivity index (χ0n) is 6.21. The monoisotopic (exact) mass is 223 g/mol. The Morgan fingerprint density at radius 3 is 2.54 bits per heavy atom. The fraction of sp³-hybridized carbons (Fsp3) is 0.143. The van der Waals surface area contributed by atoms with Gasteiger partial charge < -0.3 is 0 Å². The summed E-state index contributed by atoms with van der Waals surface area (Å²) < 4.78 is 13.2. The first kappa shape index (κ1) is 10.2. The summed E-state index contributed by atoms with van der Waals surface area (Å²) in [6.07, 6.45) is 0. The van der Waals surface area contributed by atoms with E-state index in [0.29, 0.717) is 0 Å². The van der Waals surface area contributed by atoms with Gasteiger partial charge in [-0.25, -0.2) is 0 Å². The fourth-order valence-electron chi connectivity index (χ4n) is 0.847. The van der Waals surface area contributed by atoms with E-state index < -0.39 is 21.3 Å². The number of benzene rings is 1. The molecule has 0 aliphatic heterocycles. The van der Waals surface area contributed by atoms with Gasteiger partial charge in [0.2, 0.25) is 5.82 Å². The van der Waals surface area contributed by atoms with Crippen molar-refractivity contribution in [1.29, 1.82) is 0 Å². The lowest BCUT2D eigenvalue weighted by Crippen LogP contribution is -1.96. The first-order valence-electron chi connectivity index (χ1n) is 3.25. The Bertz CT molecular complexity index is 343. The molecule has 6 heteroatoms. The third-order valence-corrected chi connectivity index (χ3v) is 1.91. The second-order valence-electron chi connectivity index (χ2n) is 2.24. The molecule has 1 aromatic carbocycles. The van der Waals surface area contributed by atoms with Crippen LogP contribution in [0.1, 0.15) is 10.4 Å². The van der Waals surface area contributed by atoms with E-state index in [1.165, 1.54) is 12.1 Å². The summed E-state index contributed by atoms with van der Waals surface area (Å²) >= 11 is 10.8. The highest BCUT2D eigenvalue weighted by Crippen LogP contribution is 2.30. The minimum Gasteiger partial charge on any atom is -0.258 e. The molecule has 0 radical (unpaired) electrons. The van der Waals surface area contributed by atoms with Crippen molar-refractivity contribution in [2.24, 2.45) is 0 Å². The number of hydrogen-bond donors (Lipinski definition) is 0. The number of rotatable bonds is 2. The predicted octanol–water partition coefficient (Wildman–Crippen LogP) is 3.21. The van der Waals surface area contributed by atoms with E-state index in [-0.39, 0.29) is 5.56 Å². The molecule has 0 amide bonds. The summed E-state index contributed by atoms with van der Waals surface area (Å²) in [7, 11) is 0. The van der Waals surface area contributed by atoms with E-state index in [1.54, 1.807) is 0 Å². The molecule has 0 N–H and O–H groups in total. The van der Waals surface area contributed by atoms with Gasteiger partial charge in [0.1, 0.15) is 4.84 Å². The molecular formula is C7H4Cl2FNO2. The van der Waals surface area contributed by atoms with Gasteiger partial charge in [-0.3, -0.25) is 10.1 Å². The summed E-state index contributed by atoms with van der Waals surface area (Å²) in [6, 6.07) is 3.68. The molecular weight excluding hydrogens is 220 g/mol.